The van der Waals surface area contributed by atoms with Crippen molar-refractivity contribution in [2.45, 2.75) is 31.6 Å². The maximum absolute atomic E-state index is 9.80. The van der Waals surface area contributed by atoms with Crippen molar-refractivity contribution in [3.05, 3.63) is 59.2 Å². The lowest BCUT2D eigenvalue weighted by atomic mass is 9.82. The summed E-state index contributed by atoms with van der Waals surface area (Å²) in [6.07, 6.45) is 4.42. The molecule has 1 unspecified atom stereocenters. The van der Waals surface area contributed by atoms with Gasteiger partial charge in [0.2, 0.25) is 0 Å². The van der Waals surface area contributed by atoms with Crippen molar-refractivity contribution in [2.75, 3.05) is 20.2 Å². The fourth-order valence-corrected chi connectivity index (χ4v) is 3.54. The Hall–Kier alpha value is -1.71. The van der Waals surface area contributed by atoms with Gasteiger partial charge in [-0.3, -0.25) is 0 Å². The van der Waals surface area contributed by atoms with Crippen molar-refractivity contribution >= 4 is 12.4 Å². The zero-order chi connectivity index (χ0) is 16.1. The summed E-state index contributed by atoms with van der Waals surface area (Å²) in [6.45, 7) is 1.86. The molecule has 0 heterocycles. The molecule has 2 aromatic rings. The smallest absolute Gasteiger partial charge is 0.122 e. The summed E-state index contributed by atoms with van der Waals surface area (Å²) in [4.78, 5) is 0. The number of para-hydroxylation sites is 1. The van der Waals surface area contributed by atoms with Gasteiger partial charge in [-0.25, -0.2) is 0 Å². The van der Waals surface area contributed by atoms with Crippen LogP contribution in [0, 0.1) is 0 Å². The lowest BCUT2D eigenvalue weighted by Gasteiger charge is -2.27. The molecule has 130 valence electrons. The Balaban J connectivity index is 0.00000208. The zero-order valence-electron chi connectivity index (χ0n) is 14.1. The number of aromatic hydroxyl groups is 1. The van der Waals surface area contributed by atoms with Crippen LogP contribution in [-0.4, -0.2) is 25.3 Å². The van der Waals surface area contributed by atoms with Gasteiger partial charge in [-0.15, -0.1) is 12.4 Å². The van der Waals surface area contributed by atoms with Crippen molar-refractivity contribution in [1.29, 1.82) is 0 Å². The molecule has 0 amide bonds. The van der Waals surface area contributed by atoms with E-state index in [0.717, 1.165) is 37.2 Å². The Kier molecular flexibility index (Phi) is 6.95. The topological polar surface area (TPSA) is 41.5 Å². The molecule has 0 spiro atoms. The molecule has 0 saturated carbocycles. The molecule has 0 aliphatic heterocycles. The van der Waals surface area contributed by atoms with E-state index in [1.807, 2.05) is 18.2 Å². The first-order valence-electron chi connectivity index (χ1n) is 8.43. The van der Waals surface area contributed by atoms with Gasteiger partial charge >= 0.3 is 0 Å². The molecule has 0 radical (unpaired) electrons. The summed E-state index contributed by atoms with van der Waals surface area (Å²) in [5.41, 5.74) is 3.82. The number of halogens is 1. The van der Waals surface area contributed by atoms with Gasteiger partial charge in [0.1, 0.15) is 11.5 Å². The molecular weight excluding hydrogens is 322 g/mol. The molecule has 3 nitrogen and oxygen atoms in total. The van der Waals surface area contributed by atoms with Crippen molar-refractivity contribution in [1.82, 2.24) is 5.32 Å². The van der Waals surface area contributed by atoms with E-state index in [1.54, 1.807) is 13.2 Å². The van der Waals surface area contributed by atoms with E-state index < -0.39 is 0 Å². The number of ether oxygens (including phenoxy) is 1. The number of phenolic OH excluding ortho intramolecular Hbond substituents is 1. The maximum atomic E-state index is 9.80. The van der Waals surface area contributed by atoms with Crippen LogP contribution in [0.4, 0.5) is 0 Å². The first-order chi connectivity index (χ1) is 11.3. The predicted molar refractivity (Wildman–Crippen MR) is 101 cm³/mol. The number of rotatable bonds is 6. The molecule has 0 fully saturated rings. The van der Waals surface area contributed by atoms with Gasteiger partial charge in [0.15, 0.2) is 0 Å². The number of hydrogen-bond donors (Lipinski definition) is 2. The molecule has 1 atom stereocenters. The second kappa shape index (κ2) is 8.95. The van der Waals surface area contributed by atoms with Crippen molar-refractivity contribution in [3.63, 3.8) is 0 Å². The number of benzene rings is 2. The number of nitrogens with one attached hydrogen (secondary N) is 1. The van der Waals surface area contributed by atoms with E-state index in [0.29, 0.717) is 11.7 Å². The van der Waals surface area contributed by atoms with Crippen LogP contribution in [0.2, 0.25) is 0 Å². The molecule has 1 aliphatic rings. The maximum Gasteiger partial charge on any atom is 0.122 e. The fraction of sp³-hybridized carbons (Fsp3) is 0.400. The lowest BCUT2D eigenvalue weighted by molar-refractivity contribution is 0.401. The average molecular weight is 348 g/mol. The molecular formula is C20H26ClNO2. The molecule has 0 saturated heterocycles. The minimum atomic E-state index is 0. The highest BCUT2D eigenvalue weighted by molar-refractivity contribution is 5.85. The predicted octanol–water partition coefficient (Wildman–Crippen LogP) is 4.07. The standard InChI is InChI=1S/C20H25NO2.ClH/c1-23-20-11-5-8-17-16(7-4-9-18(17)20)14-21-13-12-15-6-2-3-10-19(15)22;/h2-3,5-6,8,10-11,16,21-22H,4,7,9,12-14H2,1H3;1H. The number of hydrogen-bond acceptors (Lipinski definition) is 3. The van der Waals surface area contributed by atoms with Crippen LogP contribution in [0.25, 0.3) is 0 Å². The normalized spacial score (nSPS) is 16.1. The van der Waals surface area contributed by atoms with Crippen LogP contribution < -0.4 is 10.1 Å². The van der Waals surface area contributed by atoms with Crippen molar-refractivity contribution in [3.8, 4) is 11.5 Å². The quantitative estimate of drug-likeness (QED) is 0.774. The Morgan fingerprint density at radius 1 is 1.17 bits per heavy atom. The van der Waals surface area contributed by atoms with Gasteiger partial charge in [0.25, 0.3) is 0 Å². The second-order valence-corrected chi connectivity index (χ2v) is 6.20. The van der Waals surface area contributed by atoms with Gasteiger partial charge in [-0.2, -0.15) is 0 Å². The summed E-state index contributed by atoms with van der Waals surface area (Å²) in [6, 6.07) is 14.0. The Labute approximate surface area is 150 Å². The molecule has 3 rings (SSSR count). The highest BCUT2D eigenvalue weighted by Gasteiger charge is 2.22. The minimum absolute atomic E-state index is 0. The average Bonchev–Trinajstić information content (AvgIpc) is 2.59. The Morgan fingerprint density at radius 2 is 2.00 bits per heavy atom. The van der Waals surface area contributed by atoms with Crippen LogP contribution >= 0.6 is 12.4 Å². The zero-order valence-corrected chi connectivity index (χ0v) is 14.9. The molecule has 1 aliphatic carbocycles. The van der Waals surface area contributed by atoms with E-state index >= 15 is 0 Å². The van der Waals surface area contributed by atoms with Crippen LogP contribution in [0.1, 0.15) is 35.4 Å². The van der Waals surface area contributed by atoms with Gasteiger partial charge in [-0.1, -0.05) is 30.3 Å². The number of methoxy groups -OCH3 is 1. The van der Waals surface area contributed by atoms with Crippen LogP contribution in [0.15, 0.2) is 42.5 Å². The molecule has 0 bridgehead atoms. The molecule has 24 heavy (non-hydrogen) atoms. The summed E-state index contributed by atoms with van der Waals surface area (Å²) < 4.78 is 5.51. The van der Waals surface area contributed by atoms with E-state index in [9.17, 15) is 5.11 Å². The fourth-order valence-electron chi connectivity index (χ4n) is 3.54. The lowest BCUT2D eigenvalue weighted by Crippen LogP contribution is -2.26. The first-order valence-corrected chi connectivity index (χ1v) is 8.43. The second-order valence-electron chi connectivity index (χ2n) is 6.20. The monoisotopic (exact) mass is 347 g/mol. The molecule has 4 heteroatoms. The summed E-state index contributed by atoms with van der Waals surface area (Å²) in [5, 5.41) is 13.4. The van der Waals surface area contributed by atoms with E-state index in [-0.39, 0.29) is 12.4 Å². The van der Waals surface area contributed by atoms with Crippen LogP contribution in [0.5, 0.6) is 11.5 Å². The first kappa shape index (κ1) is 18.6. The van der Waals surface area contributed by atoms with Gasteiger partial charge in [0, 0.05) is 6.54 Å². The van der Waals surface area contributed by atoms with E-state index in [4.69, 9.17) is 4.74 Å². The highest BCUT2D eigenvalue weighted by atomic mass is 35.5. The third kappa shape index (κ3) is 4.22. The summed E-state index contributed by atoms with van der Waals surface area (Å²) in [5.74, 6) is 1.97. The Morgan fingerprint density at radius 3 is 2.79 bits per heavy atom. The largest absolute Gasteiger partial charge is 0.508 e. The van der Waals surface area contributed by atoms with Crippen molar-refractivity contribution < 1.29 is 9.84 Å². The van der Waals surface area contributed by atoms with E-state index in [1.165, 1.54) is 24.0 Å². The molecule has 2 aromatic carbocycles. The third-order valence-electron chi connectivity index (χ3n) is 4.76. The summed E-state index contributed by atoms with van der Waals surface area (Å²) >= 11 is 0. The third-order valence-corrected chi connectivity index (χ3v) is 4.76. The van der Waals surface area contributed by atoms with Crippen molar-refractivity contribution in [2.24, 2.45) is 0 Å². The highest BCUT2D eigenvalue weighted by Crippen LogP contribution is 2.36. The number of fused-ring (bicyclic) bond motifs is 1. The molecule has 2 N–H and O–H groups in total. The van der Waals surface area contributed by atoms with Gasteiger partial charge in [-0.05, 0) is 67.0 Å². The number of phenols is 1. The minimum Gasteiger partial charge on any atom is -0.508 e. The van der Waals surface area contributed by atoms with Gasteiger partial charge in [0.05, 0.1) is 7.11 Å². The Bertz CT molecular complexity index is 660. The van der Waals surface area contributed by atoms with E-state index in [2.05, 4.69) is 23.5 Å². The van der Waals surface area contributed by atoms with Crippen LogP contribution in [-0.2, 0) is 12.8 Å². The summed E-state index contributed by atoms with van der Waals surface area (Å²) in [7, 11) is 1.75. The SMILES string of the molecule is COc1cccc2c1CCCC2CNCCc1ccccc1O.Cl. The van der Waals surface area contributed by atoms with Crippen LogP contribution in [0.3, 0.4) is 0 Å². The molecule has 0 aromatic heterocycles. The van der Waals surface area contributed by atoms with Gasteiger partial charge < -0.3 is 15.2 Å².